The average molecular weight is 202 g/mol. The minimum Gasteiger partial charge on any atom is -1.00 e. The van der Waals surface area contributed by atoms with Crippen LogP contribution in [0.2, 0.25) is 0 Å². The summed E-state index contributed by atoms with van der Waals surface area (Å²) in [6, 6.07) is 4.15. The van der Waals surface area contributed by atoms with Gasteiger partial charge in [0.2, 0.25) is 0 Å². The maximum absolute atomic E-state index is 8.72. The van der Waals surface area contributed by atoms with E-state index in [0.29, 0.717) is 6.54 Å². The average Bonchev–Trinajstić information content (AvgIpc) is 2.06. The molecule has 2 nitrogen and oxygen atoms in total. The first-order chi connectivity index (χ1) is 5.86. The van der Waals surface area contributed by atoms with Crippen LogP contribution in [0.4, 0.5) is 0 Å². The third-order valence-corrected chi connectivity index (χ3v) is 1.82. The van der Waals surface area contributed by atoms with E-state index in [4.69, 9.17) is 5.11 Å². The number of aryl methyl sites for hydroxylation is 1. The molecule has 1 rings (SSSR count). The van der Waals surface area contributed by atoms with Gasteiger partial charge in [0, 0.05) is 11.6 Å². The molecule has 0 aliphatic rings. The summed E-state index contributed by atoms with van der Waals surface area (Å²) in [5.41, 5.74) is 1.34. The fourth-order valence-corrected chi connectivity index (χ4v) is 1.27. The maximum Gasteiger partial charge on any atom is 0.172 e. The molecule has 0 radical (unpaired) electrons. The lowest BCUT2D eigenvalue weighted by molar-refractivity contribution is -0.698. The lowest BCUT2D eigenvalue weighted by Crippen LogP contribution is -3.00. The van der Waals surface area contributed by atoms with E-state index in [1.807, 2.05) is 16.8 Å². The van der Waals surface area contributed by atoms with Crippen molar-refractivity contribution in [3.63, 3.8) is 0 Å². The van der Waals surface area contributed by atoms with Crippen molar-refractivity contribution in [1.29, 1.82) is 0 Å². The number of aliphatic hydroxyl groups is 1. The number of nitrogens with zero attached hydrogens (tertiary/aromatic N) is 1. The molecule has 1 heterocycles. The zero-order chi connectivity index (χ0) is 8.81. The molecule has 1 aromatic heterocycles. The van der Waals surface area contributed by atoms with Crippen molar-refractivity contribution in [2.75, 3.05) is 6.61 Å². The Balaban J connectivity index is 0.00000144. The lowest BCUT2D eigenvalue weighted by atomic mass is 10.2. The van der Waals surface area contributed by atoms with Crippen molar-refractivity contribution in [3.8, 4) is 0 Å². The summed E-state index contributed by atoms with van der Waals surface area (Å²) >= 11 is 0. The monoisotopic (exact) mass is 201 g/mol. The molecule has 0 saturated carbocycles. The number of hydrogen-bond donors (Lipinski definition) is 1. The zero-order valence-electron chi connectivity index (χ0n) is 7.91. The summed E-state index contributed by atoms with van der Waals surface area (Å²) in [7, 11) is 0. The van der Waals surface area contributed by atoms with E-state index in [-0.39, 0.29) is 19.0 Å². The van der Waals surface area contributed by atoms with E-state index in [1.165, 1.54) is 12.0 Å². The Morgan fingerprint density at radius 2 is 2.23 bits per heavy atom. The molecular weight excluding hydrogens is 186 g/mol. The third-order valence-electron chi connectivity index (χ3n) is 1.82. The van der Waals surface area contributed by atoms with Gasteiger partial charge in [-0.3, -0.25) is 0 Å². The molecule has 0 aliphatic carbocycles. The first-order valence-electron chi connectivity index (χ1n) is 4.45. The largest absolute Gasteiger partial charge is 1.00 e. The Labute approximate surface area is 85.6 Å². The van der Waals surface area contributed by atoms with Gasteiger partial charge in [-0.25, -0.2) is 4.57 Å². The van der Waals surface area contributed by atoms with E-state index in [9.17, 15) is 0 Å². The highest BCUT2D eigenvalue weighted by molar-refractivity contribution is 5.04. The number of hydrogen-bond acceptors (Lipinski definition) is 1. The van der Waals surface area contributed by atoms with E-state index in [2.05, 4.69) is 19.2 Å². The molecular formula is C10H16ClNO. The van der Waals surface area contributed by atoms with Crippen LogP contribution >= 0.6 is 0 Å². The van der Waals surface area contributed by atoms with Gasteiger partial charge in [0.1, 0.15) is 6.61 Å². The molecule has 1 aromatic rings. The van der Waals surface area contributed by atoms with Gasteiger partial charge < -0.3 is 17.5 Å². The predicted octanol–water partition coefficient (Wildman–Crippen LogP) is -2.08. The molecule has 0 aromatic carbocycles. The summed E-state index contributed by atoms with van der Waals surface area (Å²) in [5.74, 6) is 0. The van der Waals surface area contributed by atoms with Crippen LogP contribution < -0.4 is 17.0 Å². The molecule has 0 bridgehead atoms. The summed E-state index contributed by atoms with van der Waals surface area (Å²) in [4.78, 5) is 0. The van der Waals surface area contributed by atoms with Crippen LogP contribution in [0.3, 0.4) is 0 Å². The normalized spacial score (nSPS) is 9.38. The first kappa shape index (κ1) is 12.4. The Kier molecular flexibility index (Phi) is 6.55. The maximum atomic E-state index is 8.72. The number of pyridine rings is 1. The van der Waals surface area contributed by atoms with E-state index in [0.717, 1.165) is 6.42 Å². The lowest BCUT2D eigenvalue weighted by Gasteiger charge is -1.97. The Hall–Kier alpha value is -0.600. The van der Waals surface area contributed by atoms with Gasteiger partial charge in [0.05, 0.1) is 0 Å². The molecule has 0 saturated heterocycles. The molecule has 0 amide bonds. The smallest absolute Gasteiger partial charge is 0.172 e. The number of aromatic nitrogens is 1. The highest BCUT2D eigenvalue weighted by Gasteiger charge is 1.99. The van der Waals surface area contributed by atoms with Crippen molar-refractivity contribution in [2.24, 2.45) is 0 Å². The summed E-state index contributed by atoms with van der Waals surface area (Å²) in [5, 5.41) is 8.72. The second kappa shape index (κ2) is 6.87. The number of aliphatic hydroxyl groups excluding tert-OH is 1. The third kappa shape index (κ3) is 4.25. The van der Waals surface area contributed by atoms with Crippen molar-refractivity contribution in [1.82, 2.24) is 0 Å². The molecule has 0 fully saturated rings. The van der Waals surface area contributed by atoms with Gasteiger partial charge in [-0.2, -0.15) is 0 Å². The molecule has 3 heteroatoms. The first-order valence-corrected chi connectivity index (χ1v) is 4.45. The van der Waals surface area contributed by atoms with Gasteiger partial charge >= 0.3 is 0 Å². The standard InChI is InChI=1S/C10H16NO.ClH/c1-2-4-10-5-3-6-11(9-10)7-8-12;/h3,5-6,9,12H,2,4,7-8H2,1H3;1H/q+1;/p-1. The van der Waals surface area contributed by atoms with Crippen LogP contribution in [0, 0.1) is 0 Å². The second-order valence-electron chi connectivity index (χ2n) is 2.92. The predicted molar refractivity (Wildman–Crippen MR) is 47.7 cm³/mol. The topological polar surface area (TPSA) is 24.1 Å². The van der Waals surface area contributed by atoms with Crippen LogP contribution in [-0.2, 0) is 13.0 Å². The Bertz CT molecular complexity index is 219. The van der Waals surface area contributed by atoms with E-state index in [1.54, 1.807) is 0 Å². The van der Waals surface area contributed by atoms with Gasteiger partial charge in [0.25, 0.3) is 0 Å². The zero-order valence-corrected chi connectivity index (χ0v) is 8.67. The van der Waals surface area contributed by atoms with E-state index >= 15 is 0 Å². The molecule has 0 aliphatic heterocycles. The molecule has 1 N–H and O–H groups in total. The number of halogens is 1. The molecule has 0 unspecified atom stereocenters. The van der Waals surface area contributed by atoms with Crippen LogP contribution in [0.15, 0.2) is 24.5 Å². The van der Waals surface area contributed by atoms with Crippen LogP contribution in [-0.4, -0.2) is 11.7 Å². The van der Waals surface area contributed by atoms with Crippen molar-refractivity contribution in [3.05, 3.63) is 30.1 Å². The summed E-state index contributed by atoms with van der Waals surface area (Å²) in [6.07, 6.45) is 6.37. The summed E-state index contributed by atoms with van der Waals surface area (Å²) in [6.45, 7) is 3.07. The Morgan fingerprint density at radius 1 is 1.46 bits per heavy atom. The highest BCUT2D eigenvalue weighted by atomic mass is 35.5. The minimum absolute atomic E-state index is 0. The van der Waals surface area contributed by atoms with Gasteiger partial charge in [-0.1, -0.05) is 13.3 Å². The van der Waals surface area contributed by atoms with Gasteiger partial charge in [0.15, 0.2) is 18.9 Å². The molecule has 0 atom stereocenters. The quantitative estimate of drug-likeness (QED) is 0.556. The SMILES string of the molecule is CCCc1ccc[n+](CCO)c1.[Cl-]. The Morgan fingerprint density at radius 3 is 2.85 bits per heavy atom. The van der Waals surface area contributed by atoms with Gasteiger partial charge in [-0.15, -0.1) is 0 Å². The van der Waals surface area contributed by atoms with Crippen LogP contribution in [0.25, 0.3) is 0 Å². The molecule has 0 spiro atoms. The fourth-order valence-electron chi connectivity index (χ4n) is 1.27. The van der Waals surface area contributed by atoms with Crippen molar-refractivity contribution < 1.29 is 22.1 Å². The van der Waals surface area contributed by atoms with E-state index < -0.39 is 0 Å². The second-order valence-corrected chi connectivity index (χ2v) is 2.92. The minimum atomic E-state index is 0. The highest BCUT2D eigenvalue weighted by Crippen LogP contribution is 1.97. The summed E-state index contributed by atoms with van der Waals surface area (Å²) < 4.78 is 2.02. The molecule has 13 heavy (non-hydrogen) atoms. The number of rotatable bonds is 4. The van der Waals surface area contributed by atoms with Crippen LogP contribution in [0.5, 0.6) is 0 Å². The fraction of sp³-hybridized carbons (Fsp3) is 0.500. The van der Waals surface area contributed by atoms with Gasteiger partial charge in [-0.05, 0) is 12.5 Å². The molecule has 74 valence electrons. The van der Waals surface area contributed by atoms with Crippen molar-refractivity contribution >= 4 is 0 Å². The van der Waals surface area contributed by atoms with Crippen molar-refractivity contribution in [2.45, 2.75) is 26.3 Å². The van der Waals surface area contributed by atoms with Crippen LogP contribution in [0.1, 0.15) is 18.9 Å².